The number of ether oxygens (including phenoxy) is 3. The number of carbonyl (C=O) groups is 2. The Kier molecular flexibility index (Phi) is 6.61. The van der Waals surface area contributed by atoms with E-state index in [9.17, 15) is 9.59 Å². The molecule has 1 aromatic carbocycles. The molecule has 0 aliphatic carbocycles. The molecule has 116 valence electrons. The van der Waals surface area contributed by atoms with E-state index in [1.54, 1.807) is 13.0 Å². The van der Waals surface area contributed by atoms with Crippen molar-refractivity contribution in [3.63, 3.8) is 0 Å². The standard InChI is InChI=1S/C13H17ClN2O5/c1-4-21-12(17)7-15-13(18)16-9-5-8(14)10(19-2)6-11(9)20-3/h5-6H,4,7H2,1-3H3,(H2,15,16,18). The van der Waals surface area contributed by atoms with Crippen LogP contribution in [0.1, 0.15) is 6.92 Å². The lowest BCUT2D eigenvalue weighted by Crippen LogP contribution is -2.34. The minimum atomic E-state index is -0.581. The van der Waals surface area contributed by atoms with Crippen LogP contribution in [0, 0.1) is 0 Å². The highest BCUT2D eigenvalue weighted by atomic mass is 35.5. The number of halogens is 1. The molecule has 0 unspecified atom stereocenters. The van der Waals surface area contributed by atoms with Gasteiger partial charge >= 0.3 is 12.0 Å². The van der Waals surface area contributed by atoms with Gasteiger partial charge in [0, 0.05) is 6.07 Å². The molecular weight excluding hydrogens is 300 g/mol. The van der Waals surface area contributed by atoms with Gasteiger partial charge in [0.05, 0.1) is 31.5 Å². The molecule has 0 saturated carbocycles. The first-order valence-corrected chi connectivity index (χ1v) is 6.51. The molecule has 7 nitrogen and oxygen atoms in total. The zero-order chi connectivity index (χ0) is 15.8. The maximum absolute atomic E-state index is 11.7. The first-order valence-electron chi connectivity index (χ1n) is 6.13. The Morgan fingerprint density at radius 1 is 1.19 bits per heavy atom. The number of esters is 1. The normalized spacial score (nSPS) is 9.71. The number of rotatable bonds is 6. The smallest absolute Gasteiger partial charge is 0.325 e. The van der Waals surface area contributed by atoms with Crippen LogP contribution >= 0.6 is 11.6 Å². The van der Waals surface area contributed by atoms with Gasteiger partial charge in [-0.2, -0.15) is 0 Å². The van der Waals surface area contributed by atoms with Crippen LogP contribution in [0.25, 0.3) is 0 Å². The fourth-order valence-corrected chi connectivity index (χ4v) is 1.73. The van der Waals surface area contributed by atoms with Gasteiger partial charge < -0.3 is 24.8 Å². The predicted molar refractivity (Wildman–Crippen MR) is 78.2 cm³/mol. The number of methoxy groups -OCH3 is 2. The highest BCUT2D eigenvalue weighted by Crippen LogP contribution is 2.35. The fraction of sp³-hybridized carbons (Fsp3) is 0.385. The molecule has 8 heteroatoms. The molecule has 21 heavy (non-hydrogen) atoms. The van der Waals surface area contributed by atoms with E-state index in [1.807, 2.05) is 0 Å². The molecule has 0 bridgehead atoms. The first kappa shape index (κ1) is 16.9. The minimum absolute atomic E-state index is 0.230. The van der Waals surface area contributed by atoms with Crippen LogP contribution in [0.5, 0.6) is 11.5 Å². The molecule has 1 aromatic rings. The molecule has 0 spiro atoms. The third kappa shape index (κ3) is 5.03. The number of nitrogens with one attached hydrogen (secondary N) is 2. The summed E-state index contributed by atoms with van der Waals surface area (Å²) in [5, 5.41) is 5.21. The molecule has 0 saturated heterocycles. The third-order valence-electron chi connectivity index (χ3n) is 2.42. The second kappa shape index (κ2) is 8.21. The minimum Gasteiger partial charge on any atom is -0.495 e. The number of anilines is 1. The van der Waals surface area contributed by atoms with E-state index in [4.69, 9.17) is 25.8 Å². The average molecular weight is 317 g/mol. The summed E-state index contributed by atoms with van der Waals surface area (Å²) >= 11 is 5.98. The summed E-state index contributed by atoms with van der Waals surface area (Å²) in [6, 6.07) is 2.45. The molecule has 2 N–H and O–H groups in total. The fourth-order valence-electron chi connectivity index (χ4n) is 1.49. The predicted octanol–water partition coefficient (Wildman–Crippen LogP) is 2.04. The van der Waals surface area contributed by atoms with Crippen LogP contribution in [0.15, 0.2) is 12.1 Å². The van der Waals surface area contributed by atoms with Gasteiger partial charge in [-0.1, -0.05) is 11.6 Å². The molecular formula is C13H17ClN2O5. The van der Waals surface area contributed by atoms with Gasteiger partial charge in [0.15, 0.2) is 0 Å². The number of amides is 2. The quantitative estimate of drug-likeness (QED) is 0.784. The molecule has 0 atom stereocenters. The molecule has 0 aromatic heterocycles. The SMILES string of the molecule is CCOC(=O)CNC(=O)Nc1cc(Cl)c(OC)cc1OC. The summed E-state index contributed by atoms with van der Waals surface area (Å²) in [6.45, 7) is 1.71. The van der Waals surface area contributed by atoms with E-state index in [0.717, 1.165) is 0 Å². The van der Waals surface area contributed by atoms with Gasteiger partial charge in [-0.15, -0.1) is 0 Å². The lowest BCUT2D eigenvalue weighted by Gasteiger charge is -2.13. The van der Waals surface area contributed by atoms with Gasteiger partial charge in [0.2, 0.25) is 0 Å². The molecule has 0 aliphatic rings. The number of benzene rings is 1. The topological polar surface area (TPSA) is 85.9 Å². The molecule has 2 amide bonds. The van der Waals surface area contributed by atoms with Crippen LogP contribution in [-0.4, -0.2) is 39.4 Å². The number of hydrogen-bond acceptors (Lipinski definition) is 5. The second-order valence-electron chi connectivity index (χ2n) is 3.80. The maximum Gasteiger partial charge on any atom is 0.325 e. The molecule has 0 radical (unpaired) electrons. The molecule has 1 rings (SSSR count). The summed E-state index contributed by atoms with van der Waals surface area (Å²) in [7, 11) is 2.92. The van der Waals surface area contributed by atoms with Crippen LogP contribution in [0.4, 0.5) is 10.5 Å². The van der Waals surface area contributed by atoms with E-state index in [1.165, 1.54) is 20.3 Å². The Morgan fingerprint density at radius 3 is 2.43 bits per heavy atom. The Morgan fingerprint density at radius 2 is 1.86 bits per heavy atom. The van der Waals surface area contributed by atoms with Crippen molar-refractivity contribution in [3.05, 3.63) is 17.2 Å². The summed E-state index contributed by atoms with van der Waals surface area (Å²) in [5.74, 6) is 0.279. The Bertz CT molecular complexity index is 522. The highest BCUT2D eigenvalue weighted by Gasteiger charge is 2.13. The van der Waals surface area contributed by atoms with Gasteiger partial charge in [0.25, 0.3) is 0 Å². The van der Waals surface area contributed by atoms with E-state index in [0.29, 0.717) is 22.2 Å². The van der Waals surface area contributed by atoms with Crippen molar-refractivity contribution in [2.45, 2.75) is 6.92 Å². The summed E-state index contributed by atoms with van der Waals surface area (Å²) in [6.07, 6.45) is 0. The van der Waals surface area contributed by atoms with Crippen molar-refractivity contribution in [2.24, 2.45) is 0 Å². The Labute approximate surface area is 127 Å². The summed E-state index contributed by atoms with van der Waals surface area (Å²) < 4.78 is 14.9. The van der Waals surface area contributed by atoms with Crippen molar-refractivity contribution < 1.29 is 23.8 Å². The van der Waals surface area contributed by atoms with Crippen molar-refractivity contribution in [1.82, 2.24) is 5.32 Å². The number of carbonyl (C=O) groups excluding carboxylic acids is 2. The monoisotopic (exact) mass is 316 g/mol. The van der Waals surface area contributed by atoms with E-state index >= 15 is 0 Å². The van der Waals surface area contributed by atoms with Crippen LogP contribution in [0.3, 0.4) is 0 Å². The zero-order valence-corrected chi connectivity index (χ0v) is 12.7. The van der Waals surface area contributed by atoms with Gasteiger partial charge in [-0.05, 0) is 13.0 Å². The van der Waals surface area contributed by atoms with Gasteiger partial charge in [-0.25, -0.2) is 4.79 Å². The summed E-state index contributed by atoms with van der Waals surface area (Å²) in [4.78, 5) is 22.8. The Balaban J connectivity index is 2.71. The largest absolute Gasteiger partial charge is 0.495 e. The Hall–Kier alpha value is -2.15. The lowest BCUT2D eigenvalue weighted by molar-refractivity contribution is -0.141. The molecule has 0 aliphatic heterocycles. The highest BCUT2D eigenvalue weighted by molar-refractivity contribution is 6.32. The van der Waals surface area contributed by atoms with E-state index in [-0.39, 0.29) is 13.2 Å². The number of hydrogen-bond donors (Lipinski definition) is 2. The summed E-state index contributed by atoms with van der Waals surface area (Å²) in [5.41, 5.74) is 0.352. The maximum atomic E-state index is 11.7. The average Bonchev–Trinajstić information content (AvgIpc) is 2.46. The van der Waals surface area contributed by atoms with E-state index < -0.39 is 12.0 Å². The molecule has 0 fully saturated rings. The van der Waals surface area contributed by atoms with Crippen LogP contribution in [-0.2, 0) is 9.53 Å². The van der Waals surface area contributed by atoms with Gasteiger partial charge in [-0.3, -0.25) is 4.79 Å². The second-order valence-corrected chi connectivity index (χ2v) is 4.21. The van der Waals surface area contributed by atoms with Crippen LogP contribution < -0.4 is 20.1 Å². The van der Waals surface area contributed by atoms with Crippen molar-refractivity contribution in [3.8, 4) is 11.5 Å². The zero-order valence-electron chi connectivity index (χ0n) is 12.0. The van der Waals surface area contributed by atoms with Crippen molar-refractivity contribution in [2.75, 3.05) is 32.7 Å². The van der Waals surface area contributed by atoms with Crippen molar-refractivity contribution >= 4 is 29.3 Å². The van der Waals surface area contributed by atoms with E-state index in [2.05, 4.69) is 10.6 Å². The van der Waals surface area contributed by atoms with Gasteiger partial charge in [0.1, 0.15) is 18.0 Å². The molecule has 0 heterocycles. The van der Waals surface area contributed by atoms with Crippen molar-refractivity contribution in [1.29, 1.82) is 0 Å². The first-order chi connectivity index (χ1) is 10.0. The number of urea groups is 1. The third-order valence-corrected chi connectivity index (χ3v) is 2.72. The lowest BCUT2D eigenvalue weighted by atomic mass is 10.2. The van der Waals surface area contributed by atoms with Crippen LogP contribution in [0.2, 0.25) is 5.02 Å².